The molecule has 21 heavy (non-hydrogen) atoms. The van der Waals surface area contributed by atoms with Crippen LogP contribution in [0, 0.1) is 5.92 Å². The average molecular weight is 311 g/mol. The number of carbonyl (C=O) groups excluding carboxylic acids is 2. The average Bonchev–Trinajstić information content (AvgIpc) is 2.47. The lowest BCUT2D eigenvalue weighted by Gasteiger charge is -2.27. The van der Waals surface area contributed by atoms with Gasteiger partial charge < -0.3 is 16.0 Å². The normalized spacial score (nSPS) is 21.8. The molecule has 6 heteroatoms. The monoisotopic (exact) mass is 310 g/mol. The van der Waals surface area contributed by atoms with Crippen LogP contribution in [0.2, 0.25) is 5.02 Å². The van der Waals surface area contributed by atoms with Crippen LogP contribution in [0.15, 0.2) is 24.3 Å². The zero-order chi connectivity index (χ0) is 15.2. The number of benzene rings is 1. The van der Waals surface area contributed by atoms with E-state index in [-0.39, 0.29) is 17.7 Å². The van der Waals surface area contributed by atoms with Crippen molar-refractivity contribution < 1.29 is 14.5 Å². The highest BCUT2D eigenvalue weighted by molar-refractivity contribution is 6.30. The SMILES string of the molecule is NC(=O)C1CC[NH+](CC(=O)NCc2ccc(Cl)cc2)CC1. The van der Waals surface area contributed by atoms with E-state index in [2.05, 4.69) is 5.32 Å². The van der Waals surface area contributed by atoms with Gasteiger partial charge >= 0.3 is 0 Å². The molecular weight excluding hydrogens is 290 g/mol. The zero-order valence-corrected chi connectivity index (χ0v) is 12.7. The number of nitrogens with two attached hydrogens (primary N) is 1. The molecule has 1 aliphatic heterocycles. The van der Waals surface area contributed by atoms with Crippen LogP contribution < -0.4 is 16.0 Å². The summed E-state index contributed by atoms with van der Waals surface area (Å²) in [7, 11) is 0. The van der Waals surface area contributed by atoms with Gasteiger partial charge in [-0.25, -0.2) is 0 Å². The van der Waals surface area contributed by atoms with Crippen molar-refractivity contribution in [3.63, 3.8) is 0 Å². The fourth-order valence-electron chi connectivity index (χ4n) is 2.58. The number of halogens is 1. The molecule has 1 aromatic carbocycles. The summed E-state index contributed by atoms with van der Waals surface area (Å²) in [5, 5.41) is 3.59. The highest BCUT2D eigenvalue weighted by atomic mass is 35.5. The Morgan fingerprint density at radius 1 is 1.24 bits per heavy atom. The quantitative estimate of drug-likeness (QED) is 0.700. The first-order valence-corrected chi connectivity index (χ1v) is 7.56. The number of hydrogen-bond donors (Lipinski definition) is 3. The lowest BCUT2D eigenvalue weighted by molar-refractivity contribution is -0.897. The minimum Gasteiger partial charge on any atom is -0.369 e. The van der Waals surface area contributed by atoms with E-state index in [4.69, 9.17) is 17.3 Å². The number of nitrogens with one attached hydrogen (secondary N) is 2. The number of likely N-dealkylation sites (tertiary alicyclic amines) is 1. The molecular formula is C15H21ClN3O2+. The molecule has 1 fully saturated rings. The third-order valence-electron chi connectivity index (χ3n) is 3.91. The van der Waals surface area contributed by atoms with Gasteiger partial charge in [-0.15, -0.1) is 0 Å². The first-order valence-electron chi connectivity index (χ1n) is 7.18. The highest BCUT2D eigenvalue weighted by Gasteiger charge is 2.26. The third-order valence-corrected chi connectivity index (χ3v) is 4.16. The van der Waals surface area contributed by atoms with Gasteiger partial charge in [0.1, 0.15) is 0 Å². The maximum absolute atomic E-state index is 11.9. The molecule has 1 aliphatic rings. The van der Waals surface area contributed by atoms with E-state index in [0.29, 0.717) is 18.1 Å². The number of amides is 2. The van der Waals surface area contributed by atoms with Gasteiger partial charge in [0.05, 0.1) is 13.1 Å². The van der Waals surface area contributed by atoms with Crippen LogP contribution in [0.1, 0.15) is 18.4 Å². The van der Waals surface area contributed by atoms with Crippen molar-refractivity contribution in [2.24, 2.45) is 11.7 Å². The maximum atomic E-state index is 11.9. The van der Waals surface area contributed by atoms with Gasteiger partial charge in [0.2, 0.25) is 5.91 Å². The van der Waals surface area contributed by atoms with Crippen molar-refractivity contribution in [3.05, 3.63) is 34.9 Å². The summed E-state index contributed by atoms with van der Waals surface area (Å²) in [6, 6.07) is 7.41. The molecule has 1 heterocycles. The maximum Gasteiger partial charge on any atom is 0.275 e. The molecule has 2 rings (SSSR count). The van der Waals surface area contributed by atoms with Crippen molar-refractivity contribution in [1.82, 2.24) is 5.32 Å². The van der Waals surface area contributed by atoms with Crippen molar-refractivity contribution in [2.75, 3.05) is 19.6 Å². The molecule has 0 aliphatic carbocycles. The Morgan fingerprint density at radius 2 is 1.86 bits per heavy atom. The van der Waals surface area contributed by atoms with E-state index in [1.54, 1.807) is 0 Å². The Hall–Kier alpha value is -1.59. The zero-order valence-electron chi connectivity index (χ0n) is 11.9. The van der Waals surface area contributed by atoms with Gasteiger partial charge in [-0.3, -0.25) is 9.59 Å². The molecule has 4 N–H and O–H groups in total. The Kier molecular flexibility index (Phi) is 5.59. The van der Waals surface area contributed by atoms with E-state index in [0.717, 1.165) is 31.5 Å². The standard InChI is InChI=1S/C15H20ClN3O2/c16-13-3-1-11(2-4-13)9-18-14(20)10-19-7-5-12(6-8-19)15(17)21/h1-4,12H,5-10H2,(H2,17,21)(H,18,20)/p+1. The molecule has 5 nitrogen and oxygen atoms in total. The number of rotatable bonds is 5. The first kappa shape index (κ1) is 15.8. The van der Waals surface area contributed by atoms with Crippen LogP contribution in [0.5, 0.6) is 0 Å². The van der Waals surface area contributed by atoms with Gasteiger partial charge in [-0.1, -0.05) is 23.7 Å². The molecule has 0 spiro atoms. The summed E-state index contributed by atoms with van der Waals surface area (Å²) in [6.45, 7) is 2.59. The number of hydrogen-bond acceptors (Lipinski definition) is 2. The molecule has 0 bridgehead atoms. The Bertz CT molecular complexity index is 496. The predicted molar refractivity (Wildman–Crippen MR) is 80.8 cm³/mol. The smallest absolute Gasteiger partial charge is 0.275 e. The highest BCUT2D eigenvalue weighted by Crippen LogP contribution is 2.09. The summed E-state index contributed by atoms with van der Waals surface area (Å²) < 4.78 is 0. The van der Waals surface area contributed by atoms with E-state index < -0.39 is 0 Å². The minimum absolute atomic E-state index is 0.0223. The van der Waals surface area contributed by atoms with Gasteiger partial charge in [0, 0.05) is 30.3 Å². The second kappa shape index (κ2) is 7.43. The number of piperidine rings is 1. The summed E-state index contributed by atoms with van der Waals surface area (Å²) in [5.74, 6) is -0.218. The van der Waals surface area contributed by atoms with Crippen molar-refractivity contribution in [2.45, 2.75) is 19.4 Å². The van der Waals surface area contributed by atoms with Crippen LogP contribution >= 0.6 is 11.6 Å². The lowest BCUT2D eigenvalue weighted by atomic mass is 9.96. The Morgan fingerprint density at radius 3 is 2.43 bits per heavy atom. The molecule has 1 aromatic rings. The lowest BCUT2D eigenvalue weighted by Crippen LogP contribution is -3.14. The third kappa shape index (κ3) is 5.02. The molecule has 2 amide bonds. The molecule has 0 aromatic heterocycles. The molecule has 1 saturated heterocycles. The second-order valence-electron chi connectivity index (χ2n) is 5.51. The predicted octanol–water partition coefficient (Wildman–Crippen LogP) is -0.264. The Balaban J connectivity index is 1.70. The fraction of sp³-hybridized carbons (Fsp3) is 0.467. The molecule has 0 radical (unpaired) electrons. The van der Waals surface area contributed by atoms with Crippen molar-refractivity contribution in [1.29, 1.82) is 0 Å². The van der Waals surface area contributed by atoms with Crippen LogP contribution in [-0.2, 0) is 16.1 Å². The largest absolute Gasteiger partial charge is 0.369 e. The van der Waals surface area contributed by atoms with Crippen LogP contribution in [0.4, 0.5) is 0 Å². The number of quaternary nitrogens is 1. The number of primary amides is 1. The van der Waals surface area contributed by atoms with Gasteiger partial charge in [-0.2, -0.15) is 0 Å². The number of carbonyl (C=O) groups is 2. The first-order chi connectivity index (χ1) is 10.0. The summed E-state index contributed by atoms with van der Waals surface area (Å²) >= 11 is 5.81. The Labute approximate surface area is 129 Å². The van der Waals surface area contributed by atoms with Gasteiger partial charge in [0.15, 0.2) is 6.54 Å². The topological polar surface area (TPSA) is 76.6 Å². The van der Waals surface area contributed by atoms with Crippen LogP contribution in [0.3, 0.4) is 0 Å². The van der Waals surface area contributed by atoms with Crippen molar-refractivity contribution >= 4 is 23.4 Å². The van der Waals surface area contributed by atoms with Gasteiger partial charge in [0.25, 0.3) is 5.91 Å². The van der Waals surface area contributed by atoms with E-state index in [1.165, 1.54) is 4.90 Å². The van der Waals surface area contributed by atoms with E-state index in [1.807, 2.05) is 24.3 Å². The van der Waals surface area contributed by atoms with E-state index >= 15 is 0 Å². The fourth-order valence-corrected chi connectivity index (χ4v) is 2.71. The molecule has 0 saturated carbocycles. The van der Waals surface area contributed by atoms with E-state index in [9.17, 15) is 9.59 Å². The summed E-state index contributed by atoms with van der Waals surface area (Å²) in [6.07, 6.45) is 1.55. The molecule has 0 atom stereocenters. The van der Waals surface area contributed by atoms with Gasteiger partial charge in [-0.05, 0) is 17.7 Å². The van der Waals surface area contributed by atoms with Crippen LogP contribution in [0.25, 0.3) is 0 Å². The molecule has 0 unspecified atom stereocenters. The minimum atomic E-state index is -0.221. The second-order valence-corrected chi connectivity index (χ2v) is 5.94. The van der Waals surface area contributed by atoms with Crippen LogP contribution in [-0.4, -0.2) is 31.4 Å². The molecule has 114 valence electrons. The van der Waals surface area contributed by atoms with Crippen molar-refractivity contribution in [3.8, 4) is 0 Å². The summed E-state index contributed by atoms with van der Waals surface area (Å²) in [5.41, 5.74) is 6.32. The summed E-state index contributed by atoms with van der Waals surface area (Å²) in [4.78, 5) is 24.2.